The summed E-state index contributed by atoms with van der Waals surface area (Å²) in [5.74, 6) is -0.109. The normalized spacial score (nSPS) is 11.4. The van der Waals surface area contributed by atoms with Crippen LogP contribution >= 0.6 is 22.7 Å². The molecule has 2 aromatic heterocycles. The van der Waals surface area contributed by atoms with Gasteiger partial charge in [0.2, 0.25) is 5.78 Å². The maximum absolute atomic E-state index is 12.5. The number of carbonyl (C=O) groups is 1. The number of nitrogens with one attached hydrogen (secondary N) is 1. The molecule has 2 heterocycles. The van der Waals surface area contributed by atoms with Crippen molar-refractivity contribution in [3.63, 3.8) is 0 Å². The molecular formula is C18H18N2O4S3. The number of anilines is 1. The summed E-state index contributed by atoms with van der Waals surface area (Å²) >= 11 is 2.47. The molecule has 27 heavy (non-hydrogen) atoms. The van der Waals surface area contributed by atoms with Crippen LogP contribution in [0.25, 0.3) is 0 Å². The molecule has 1 N–H and O–H groups in total. The first-order valence-corrected chi connectivity index (χ1v) is 11.4. The number of nitrogens with zero attached hydrogens (tertiary/aromatic N) is 1. The molecular weight excluding hydrogens is 404 g/mol. The molecule has 0 aliphatic heterocycles. The number of ketones is 1. The zero-order chi connectivity index (χ0) is 19.3. The molecule has 0 saturated heterocycles. The lowest BCUT2D eigenvalue weighted by atomic mass is 10.0. The molecule has 1 aromatic carbocycles. The number of aromatic nitrogens is 1. The lowest BCUT2D eigenvalue weighted by Crippen LogP contribution is -2.10. The monoisotopic (exact) mass is 422 g/mol. The van der Waals surface area contributed by atoms with Gasteiger partial charge in [0.1, 0.15) is 9.90 Å². The zero-order valence-electron chi connectivity index (χ0n) is 14.5. The fourth-order valence-electron chi connectivity index (χ4n) is 2.32. The van der Waals surface area contributed by atoms with Gasteiger partial charge in [-0.05, 0) is 30.4 Å². The molecule has 6 nitrogen and oxygen atoms in total. The summed E-state index contributed by atoms with van der Waals surface area (Å²) in [7, 11) is -3.67. The number of hydrogen-bond acceptors (Lipinski definition) is 8. The number of rotatable bonds is 9. The average Bonchev–Trinajstić information content (AvgIpc) is 3.34. The molecule has 3 rings (SSSR count). The zero-order valence-corrected chi connectivity index (χ0v) is 17.0. The van der Waals surface area contributed by atoms with Crippen LogP contribution in [0.2, 0.25) is 0 Å². The van der Waals surface area contributed by atoms with E-state index < -0.39 is 10.1 Å². The van der Waals surface area contributed by atoms with Gasteiger partial charge in [-0.25, -0.2) is 4.98 Å². The molecule has 0 aliphatic carbocycles. The van der Waals surface area contributed by atoms with Crippen LogP contribution < -0.4 is 5.32 Å². The van der Waals surface area contributed by atoms with Gasteiger partial charge < -0.3 is 5.32 Å². The second kappa shape index (κ2) is 8.75. The van der Waals surface area contributed by atoms with Crippen LogP contribution in [-0.4, -0.2) is 32.3 Å². The summed E-state index contributed by atoms with van der Waals surface area (Å²) in [5.41, 5.74) is 1.95. The Bertz CT molecular complexity index is 1010. The average molecular weight is 423 g/mol. The third-order valence-electron chi connectivity index (χ3n) is 3.70. The largest absolute Gasteiger partial charge is 0.361 e. The van der Waals surface area contributed by atoms with Crippen LogP contribution in [0.15, 0.2) is 51.4 Å². The van der Waals surface area contributed by atoms with Crippen molar-refractivity contribution in [3.05, 3.63) is 64.0 Å². The summed E-state index contributed by atoms with van der Waals surface area (Å²) in [6.45, 7) is 2.46. The SMILES string of the molecule is Cc1ccccc1C(=O)c1csc(NCCCOS(=O)(=O)c2cccs2)n1. The summed E-state index contributed by atoms with van der Waals surface area (Å²) in [5, 5.41) is 7.12. The Morgan fingerprint density at radius 2 is 2.00 bits per heavy atom. The van der Waals surface area contributed by atoms with Gasteiger partial charge in [-0.3, -0.25) is 8.98 Å². The Kier molecular flexibility index (Phi) is 6.38. The first-order chi connectivity index (χ1) is 13.0. The molecule has 0 unspecified atom stereocenters. The number of hydrogen-bond donors (Lipinski definition) is 1. The lowest BCUT2D eigenvalue weighted by Gasteiger charge is -2.04. The topological polar surface area (TPSA) is 85.4 Å². The smallest absolute Gasteiger partial charge is 0.306 e. The highest BCUT2D eigenvalue weighted by molar-refractivity contribution is 7.89. The van der Waals surface area contributed by atoms with E-state index in [9.17, 15) is 13.2 Å². The van der Waals surface area contributed by atoms with Crippen molar-refractivity contribution >= 4 is 43.7 Å². The fourth-order valence-corrected chi connectivity index (χ4v) is 4.97. The van der Waals surface area contributed by atoms with Gasteiger partial charge >= 0.3 is 10.1 Å². The molecule has 0 aliphatic rings. The molecule has 0 spiro atoms. The molecule has 3 aromatic rings. The Hall–Kier alpha value is -2.07. The molecule has 0 atom stereocenters. The van der Waals surface area contributed by atoms with E-state index in [2.05, 4.69) is 10.3 Å². The predicted octanol–water partition coefficient (Wildman–Crippen LogP) is 3.95. The van der Waals surface area contributed by atoms with E-state index >= 15 is 0 Å². The number of thiophene rings is 1. The van der Waals surface area contributed by atoms with Crippen molar-refractivity contribution in [3.8, 4) is 0 Å². The Balaban J connectivity index is 1.48. The van der Waals surface area contributed by atoms with Gasteiger partial charge in [0.15, 0.2) is 5.13 Å². The van der Waals surface area contributed by atoms with Gasteiger partial charge in [0.05, 0.1) is 6.61 Å². The molecule has 0 amide bonds. The Labute approximate surface area is 166 Å². The van der Waals surface area contributed by atoms with Gasteiger partial charge in [0, 0.05) is 17.5 Å². The minimum absolute atomic E-state index is 0.0770. The minimum atomic E-state index is -3.67. The number of aryl methyl sites for hydroxylation is 1. The van der Waals surface area contributed by atoms with E-state index in [4.69, 9.17) is 4.18 Å². The highest BCUT2D eigenvalue weighted by Crippen LogP contribution is 2.20. The Morgan fingerprint density at radius 3 is 2.74 bits per heavy atom. The van der Waals surface area contributed by atoms with E-state index in [0.29, 0.717) is 29.4 Å². The van der Waals surface area contributed by atoms with Crippen molar-refractivity contribution in [2.45, 2.75) is 17.6 Å². The van der Waals surface area contributed by atoms with Crippen molar-refractivity contribution < 1.29 is 17.4 Å². The van der Waals surface area contributed by atoms with E-state index in [0.717, 1.165) is 16.9 Å². The predicted molar refractivity (Wildman–Crippen MR) is 107 cm³/mol. The summed E-state index contributed by atoms with van der Waals surface area (Å²) in [6, 6.07) is 10.6. The van der Waals surface area contributed by atoms with Gasteiger partial charge in [-0.1, -0.05) is 30.3 Å². The number of thiazole rings is 1. The third kappa shape index (κ3) is 5.01. The maximum Gasteiger partial charge on any atom is 0.306 e. The highest BCUT2D eigenvalue weighted by atomic mass is 32.3. The third-order valence-corrected chi connectivity index (χ3v) is 7.17. The number of carbonyl (C=O) groups excluding carboxylic acids is 1. The molecule has 9 heteroatoms. The highest BCUT2D eigenvalue weighted by Gasteiger charge is 2.16. The summed E-state index contributed by atoms with van der Waals surface area (Å²) < 4.78 is 29.0. The quantitative estimate of drug-likeness (QED) is 0.319. The Morgan fingerprint density at radius 1 is 1.19 bits per heavy atom. The number of benzene rings is 1. The summed E-state index contributed by atoms with van der Waals surface area (Å²) in [4.78, 5) is 16.8. The van der Waals surface area contributed by atoms with Crippen molar-refractivity contribution in [1.29, 1.82) is 0 Å². The van der Waals surface area contributed by atoms with Crippen LogP contribution in [0, 0.1) is 6.92 Å². The van der Waals surface area contributed by atoms with Gasteiger partial charge in [-0.15, -0.1) is 22.7 Å². The van der Waals surface area contributed by atoms with E-state index in [1.165, 1.54) is 17.4 Å². The summed E-state index contributed by atoms with van der Waals surface area (Å²) in [6.07, 6.45) is 0.491. The van der Waals surface area contributed by atoms with E-state index in [1.54, 1.807) is 22.9 Å². The molecule has 0 saturated carbocycles. The van der Waals surface area contributed by atoms with E-state index in [1.807, 2.05) is 25.1 Å². The van der Waals surface area contributed by atoms with Crippen LogP contribution in [0.4, 0.5) is 5.13 Å². The molecule has 142 valence electrons. The van der Waals surface area contributed by atoms with Crippen LogP contribution in [-0.2, 0) is 14.3 Å². The van der Waals surface area contributed by atoms with Crippen molar-refractivity contribution in [1.82, 2.24) is 4.98 Å². The second-order valence-electron chi connectivity index (χ2n) is 5.67. The van der Waals surface area contributed by atoms with E-state index in [-0.39, 0.29) is 16.6 Å². The fraction of sp³-hybridized carbons (Fsp3) is 0.222. The van der Waals surface area contributed by atoms with Crippen molar-refractivity contribution in [2.75, 3.05) is 18.5 Å². The van der Waals surface area contributed by atoms with Crippen LogP contribution in [0.1, 0.15) is 28.0 Å². The first-order valence-electron chi connectivity index (χ1n) is 8.20. The van der Waals surface area contributed by atoms with Gasteiger partial charge in [0.25, 0.3) is 0 Å². The maximum atomic E-state index is 12.5. The van der Waals surface area contributed by atoms with Gasteiger partial charge in [-0.2, -0.15) is 8.42 Å². The van der Waals surface area contributed by atoms with Crippen LogP contribution in [0.5, 0.6) is 0 Å². The second-order valence-corrected chi connectivity index (χ2v) is 9.32. The van der Waals surface area contributed by atoms with Crippen LogP contribution in [0.3, 0.4) is 0 Å². The molecule has 0 fully saturated rings. The standard InChI is InChI=1S/C18H18N2O4S3/c1-13-6-2-3-7-14(13)17(21)15-12-26-18(20-15)19-9-5-10-24-27(22,23)16-8-4-11-25-16/h2-4,6-8,11-12H,5,9-10H2,1H3,(H,19,20). The first kappa shape index (κ1) is 19.7. The molecule has 0 bridgehead atoms. The molecule has 0 radical (unpaired) electrons. The lowest BCUT2D eigenvalue weighted by molar-refractivity contribution is 0.103. The minimum Gasteiger partial charge on any atom is -0.361 e. The van der Waals surface area contributed by atoms with Crippen molar-refractivity contribution in [2.24, 2.45) is 0 Å².